The second-order valence-corrected chi connectivity index (χ2v) is 6.67. The summed E-state index contributed by atoms with van der Waals surface area (Å²) in [6, 6.07) is 13.0. The van der Waals surface area contributed by atoms with E-state index in [1.807, 2.05) is 0 Å². The number of hydrogen-bond acceptors (Lipinski definition) is 2. The minimum atomic E-state index is -0.509. The van der Waals surface area contributed by atoms with Gasteiger partial charge in [0.1, 0.15) is 6.10 Å². The monoisotopic (exact) mass is 294 g/mol. The van der Waals surface area contributed by atoms with Crippen LogP contribution in [0.3, 0.4) is 0 Å². The molecule has 1 nitrogen and oxygen atoms in total. The largest absolute Gasteiger partial charge is 0.383 e. The molecule has 0 amide bonds. The molecule has 3 aromatic rings. The van der Waals surface area contributed by atoms with E-state index in [1.165, 1.54) is 27.5 Å². The molecule has 1 aromatic heterocycles. The highest BCUT2D eigenvalue weighted by Gasteiger charge is 2.21. The molecule has 0 saturated carbocycles. The Morgan fingerprint density at radius 2 is 1.90 bits per heavy atom. The van der Waals surface area contributed by atoms with Crippen molar-refractivity contribution in [3.8, 4) is 0 Å². The van der Waals surface area contributed by atoms with Crippen LogP contribution in [-0.4, -0.2) is 5.11 Å². The fourth-order valence-electron chi connectivity index (χ4n) is 3.53. The lowest BCUT2D eigenvalue weighted by molar-refractivity contribution is 0.225. The first-order valence-electron chi connectivity index (χ1n) is 7.57. The number of aliphatic hydroxyl groups is 1. The highest BCUT2D eigenvalue weighted by molar-refractivity contribution is 7.10. The third kappa shape index (κ3) is 1.94. The summed E-state index contributed by atoms with van der Waals surface area (Å²) in [5.41, 5.74) is 5.17. The van der Waals surface area contributed by atoms with Gasteiger partial charge in [-0.1, -0.05) is 37.3 Å². The summed E-state index contributed by atoms with van der Waals surface area (Å²) in [6.07, 6.45) is 2.72. The second kappa shape index (κ2) is 4.97. The number of benzene rings is 2. The van der Waals surface area contributed by atoms with Crippen molar-refractivity contribution in [2.45, 2.75) is 32.3 Å². The molecule has 1 heterocycles. The molecule has 21 heavy (non-hydrogen) atoms. The number of thiophene rings is 1. The third-order valence-corrected chi connectivity index (χ3v) is 5.63. The number of rotatable bonds is 3. The van der Waals surface area contributed by atoms with Gasteiger partial charge in [-0.2, -0.15) is 0 Å². The van der Waals surface area contributed by atoms with Gasteiger partial charge in [0.25, 0.3) is 0 Å². The van der Waals surface area contributed by atoms with Crippen LogP contribution in [0.25, 0.3) is 10.8 Å². The second-order valence-electron chi connectivity index (χ2n) is 5.72. The Morgan fingerprint density at radius 3 is 2.71 bits per heavy atom. The smallest absolute Gasteiger partial charge is 0.114 e. The Labute approximate surface area is 128 Å². The maximum Gasteiger partial charge on any atom is 0.114 e. The van der Waals surface area contributed by atoms with Gasteiger partial charge in [-0.05, 0) is 63.7 Å². The predicted octanol–water partition coefficient (Wildman–Crippen LogP) is 4.64. The Kier molecular flexibility index (Phi) is 3.09. The molecule has 1 unspecified atom stereocenters. The van der Waals surface area contributed by atoms with Crippen LogP contribution in [0.4, 0.5) is 0 Å². The summed E-state index contributed by atoms with van der Waals surface area (Å²) < 4.78 is 0. The quantitative estimate of drug-likeness (QED) is 0.746. The molecular weight excluding hydrogens is 276 g/mol. The first-order chi connectivity index (χ1) is 10.3. The fourth-order valence-corrected chi connectivity index (χ4v) is 4.53. The van der Waals surface area contributed by atoms with Gasteiger partial charge < -0.3 is 5.11 Å². The lowest BCUT2D eigenvalue weighted by atomic mass is 9.95. The van der Waals surface area contributed by atoms with E-state index >= 15 is 0 Å². The topological polar surface area (TPSA) is 20.2 Å². The van der Waals surface area contributed by atoms with Gasteiger partial charge >= 0.3 is 0 Å². The first kappa shape index (κ1) is 13.1. The molecule has 1 aliphatic rings. The van der Waals surface area contributed by atoms with E-state index in [2.05, 4.69) is 48.7 Å². The van der Waals surface area contributed by atoms with Crippen LogP contribution in [0.15, 0.2) is 41.8 Å². The van der Waals surface area contributed by atoms with Crippen molar-refractivity contribution in [3.63, 3.8) is 0 Å². The van der Waals surface area contributed by atoms with Gasteiger partial charge in [-0.3, -0.25) is 0 Å². The normalized spacial score (nSPS) is 14.8. The molecule has 106 valence electrons. The predicted molar refractivity (Wildman–Crippen MR) is 89.1 cm³/mol. The summed E-state index contributed by atoms with van der Waals surface area (Å²) in [5.74, 6) is 0. The van der Waals surface area contributed by atoms with E-state index in [4.69, 9.17) is 0 Å². The SMILES string of the molecule is CCc1ccsc1C(O)c1ccc2c3c(cccc13)CC2. The lowest BCUT2D eigenvalue weighted by Gasteiger charge is -2.15. The maximum atomic E-state index is 10.9. The van der Waals surface area contributed by atoms with Crippen LogP contribution in [0.2, 0.25) is 0 Å². The van der Waals surface area contributed by atoms with E-state index in [0.29, 0.717) is 0 Å². The van der Waals surface area contributed by atoms with Gasteiger partial charge in [-0.15, -0.1) is 11.3 Å². The zero-order chi connectivity index (χ0) is 14.4. The van der Waals surface area contributed by atoms with E-state index in [0.717, 1.165) is 29.7 Å². The number of aliphatic hydroxyl groups excluding tert-OH is 1. The summed E-state index contributed by atoms with van der Waals surface area (Å²) in [5, 5.41) is 15.6. The molecule has 0 radical (unpaired) electrons. The molecule has 2 aromatic carbocycles. The van der Waals surface area contributed by atoms with Crippen LogP contribution < -0.4 is 0 Å². The highest BCUT2D eigenvalue weighted by Crippen LogP contribution is 2.38. The Hall–Kier alpha value is -1.64. The summed E-state index contributed by atoms with van der Waals surface area (Å²) in [7, 11) is 0. The third-order valence-electron chi connectivity index (χ3n) is 4.62. The van der Waals surface area contributed by atoms with Crippen molar-refractivity contribution < 1.29 is 5.11 Å². The van der Waals surface area contributed by atoms with Crippen LogP contribution in [0.1, 0.15) is 40.2 Å². The minimum absolute atomic E-state index is 0.509. The molecule has 0 fully saturated rings. The summed E-state index contributed by atoms with van der Waals surface area (Å²) in [4.78, 5) is 1.09. The molecule has 0 aliphatic heterocycles. The zero-order valence-electron chi connectivity index (χ0n) is 12.1. The molecule has 2 heteroatoms. The van der Waals surface area contributed by atoms with Gasteiger partial charge in [0.05, 0.1) is 0 Å². The van der Waals surface area contributed by atoms with Crippen molar-refractivity contribution in [1.82, 2.24) is 0 Å². The lowest BCUT2D eigenvalue weighted by Crippen LogP contribution is -2.01. The average Bonchev–Trinajstić information content (AvgIpc) is 3.15. The van der Waals surface area contributed by atoms with Crippen LogP contribution in [-0.2, 0) is 19.3 Å². The van der Waals surface area contributed by atoms with Crippen molar-refractivity contribution in [1.29, 1.82) is 0 Å². The van der Waals surface area contributed by atoms with Gasteiger partial charge in [0, 0.05) is 4.88 Å². The molecule has 1 aliphatic carbocycles. The first-order valence-corrected chi connectivity index (χ1v) is 8.45. The highest BCUT2D eigenvalue weighted by atomic mass is 32.1. The van der Waals surface area contributed by atoms with Gasteiger partial charge in [-0.25, -0.2) is 0 Å². The van der Waals surface area contributed by atoms with Crippen molar-refractivity contribution in [2.75, 3.05) is 0 Å². The zero-order valence-corrected chi connectivity index (χ0v) is 12.9. The van der Waals surface area contributed by atoms with E-state index in [1.54, 1.807) is 11.3 Å². The maximum absolute atomic E-state index is 10.9. The average molecular weight is 294 g/mol. The molecule has 0 spiro atoms. The molecular formula is C19H18OS. The summed E-state index contributed by atoms with van der Waals surface area (Å²) >= 11 is 1.66. The minimum Gasteiger partial charge on any atom is -0.383 e. The van der Waals surface area contributed by atoms with E-state index in [9.17, 15) is 5.11 Å². The Bertz CT molecular complexity index is 805. The Balaban J connectivity index is 1.92. The fraction of sp³-hybridized carbons (Fsp3) is 0.263. The van der Waals surface area contributed by atoms with Crippen LogP contribution in [0, 0.1) is 0 Å². The molecule has 1 atom stereocenters. The van der Waals surface area contributed by atoms with Gasteiger partial charge in [0.15, 0.2) is 0 Å². The standard InChI is InChI=1S/C19H18OS/c1-2-12-10-11-21-19(12)18(20)16-9-8-14-7-6-13-4-3-5-15(16)17(13)14/h3-5,8-11,18,20H,2,6-7H2,1H3. The van der Waals surface area contributed by atoms with Crippen molar-refractivity contribution >= 4 is 22.1 Å². The molecule has 0 saturated heterocycles. The van der Waals surface area contributed by atoms with Crippen LogP contribution >= 0.6 is 11.3 Å². The van der Waals surface area contributed by atoms with Crippen LogP contribution in [0.5, 0.6) is 0 Å². The van der Waals surface area contributed by atoms with Gasteiger partial charge in [0.2, 0.25) is 0 Å². The van der Waals surface area contributed by atoms with E-state index in [-0.39, 0.29) is 0 Å². The Morgan fingerprint density at radius 1 is 1.10 bits per heavy atom. The van der Waals surface area contributed by atoms with Crippen molar-refractivity contribution in [3.05, 3.63) is 68.9 Å². The van der Waals surface area contributed by atoms with Crippen molar-refractivity contribution in [2.24, 2.45) is 0 Å². The molecule has 4 rings (SSSR count). The van der Waals surface area contributed by atoms with E-state index < -0.39 is 6.10 Å². The number of aryl methyl sites for hydroxylation is 3. The molecule has 1 N–H and O–H groups in total. The number of hydrogen-bond donors (Lipinski definition) is 1. The summed E-state index contributed by atoms with van der Waals surface area (Å²) in [6.45, 7) is 2.14. The molecule has 0 bridgehead atoms.